The molecule has 4 rings (SSSR count). The van der Waals surface area contributed by atoms with Crippen LogP contribution in [0.15, 0.2) is 53.1 Å². The van der Waals surface area contributed by atoms with Crippen LogP contribution in [0.5, 0.6) is 0 Å². The summed E-state index contributed by atoms with van der Waals surface area (Å²) in [5, 5.41) is 5.22. The first-order chi connectivity index (χ1) is 13.4. The summed E-state index contributed by atoms with van der Waals surface area (Å²) in [4.78, 5) is 16.9. The van der Waals surface area contributed by atoms with Gasteiger partial charge in [-0.2, -0.15) is 5.10 Å². The molecule has 0 amide bonds. The molecular formula is C20H15Cl2N3O3. The number of nitrogens with zero attached hydrogens (tertiary/aromatic N) is 3. The monoisotopic (exact) mass is 415 g/mol. The van der Waals surface area contributed by atoms with Crippen molar-refractivity contribution in [3.63, 3.8) is 0 Å². The number of hydrogen-bond acceptors (Lipinski definition) is 5. The lowest BCUT2D eigenvalue weighted by molar-refractivity contribution is 0.0328. The van der Waals surface area contributed by atoms with Crippen molar-refractivity contribution in [2.24, 2.45) is 7.05 Å². The van der Waals surface area contributed by atoms with Gasteiger partial charge in [0.15, 0.2) is 5.58 Å². The number of esters is 1. The number of benzene rings is 2. The van der Waals surface area contributed by atoms with Crippen LogP contribution in [0.1, 0.15) is 29.1 Å². The number of ether oxygens (including phenoxy) is 1. The molecule has 0 fully saturated rings. The third-order valence-electron chi connectivity index (χ3n) is 4.17. The Morgan fingerprint density at radius 3 is 2.57 bits per heavy atom. The lowest BCUT2D eigenvalue weighted by Crippen LogP contribution is -2.10. The molecule has 0 aliphatic carbocycles. The van der Waals surface area contributed by atoms with E-state index in [0.717, 1.165) is 0 Å². The van der Waals surface area contributed by atoms with Crippen LogP contribution in [0.4, 0.5) is 0 Å². The summed E-state index contributed by atoms with van der Waals surface area (Å²) in [7, 11) is 1.81. The summed E-state index contributed by atoms with van der Waals surface area (Å²) in [6.45, 7) is 1.77. The van der Waals surface area contributed by atoms with Crippen LogP contribution >= 0.6 is 23.2 Å². The molecule has 0 saturated carbocycles. The summed E-state index contributed by atoms with van der Waals surface area (Å²) >= 11 is 12.1. The predicted octanol–water partition coefficient (Wildman–Crippen LogP) is 5.45. The van der Waals surface area contributed by atoms with Gasteiger partial charge >= 0.3 is 5.97 Å². The fourth-order valence-corrected chi connectivity index (χ4v) is 3.32. The molecule has 0 N–H and O–H groups in total. The van der Waals surface area contributed by atoms with Crippen LogP contribution in [0.25, 0.3) is 22.6 Å². The zero-order chi connectivity index (χ0) is 19.8. The lowest BCUT2D eigenvalue weighted by atomic mass is 10.2. The van der Waals surface area contributed by atoms with Gasteiger partial charge in [-0.1, -0.05) is 23.2 Å². The average molecular weight is 416 g/mol. The highest BCUT2D eigenvalue weighted by molar-refractivity contribution is 6.35. The van der Waals surface area contributed by atoms with Crippen LogP contribution in [0, 0.1) is 0 Å². The van der Waals surface area contributed by atoms with Gasteiger partial charge in [0.05, 0.1) is 5.56 Å². The van der Waals surface area contributed by atoms with E-state index in [0.29, 0.717) is 43.9 Å². The van der Waals surface area contributed by atoms with E-state index in [2.05, 4.69) is 10.1 Å². The van der Waals surface area contributed by atoms with E-state index < -0.39 is 12.1 Å². The van der Waals surface area contributed by atoms with E-state index >= 15 is 0 Å². The second-order valence-corrected chi connectivity index (χ2v) is 7.19. The Morgan fingerprint density at radius 1 is 1.14 bits per heavy atom. The van der Waals surface area contributed by atoms with Crippen LogP contribution in [-0.4, -0.2) is 20.7 Å². The Labute approximate surface area is 170 Å². The maximum atomic E-state index is 12.5. The topological polar surface area (TPSA) is 70.2 Å². The second kappa shape index (κ2) is 7.30. The number of carbonyl (C=O) groups is 1. The maximum Gasteiger partial charge on any atom is 0.338 e. The molecule has 8 heteroatoms. The van der Waals surface area contributed by atoms with Gasteiger partial charge in [0, 0.05) is 28.9 Å². The number of aromatic nitrogens is 3. The first-order valence-corrected chi connectivity index (χ1v) is 9.22. The molecule has 0 radical (unpaired) electrons. The molecule has 1 atom stereocenters. The summed E-state index contributed by atoms with van der Waals surface area (Å²) in [5.41, 5.74) is 2.77. The fourth-order valence-electron chi connectivity index (χ4n) is 2.79. The number of rotatable bonds is 4. The molecular weight excluding hydrogens is 401 g/mol. The molecule has 4 aromatic rings. The average Bonchev–Trinajstić information content (AvgIpc) is 3.26. The van der Waals surface area contributed by atoms with Gasteiger partial charge in [-0.15, -0.1) is 0 Å². The Bertz CT molecular complexity index is 1160. The van der Waals surface area contributed by atoms with Gasteiger partial charge in [-0.05, 0) is 49.4 Å². The third-order valence-corrected chi connectivity index (χ3v) is 4.60. The molecule has 2 aromatic heterocycles. The summed E-state index contributed by atoms with van der Waals surface area (Å²) in [5.74, 6) is -0.101. The normalized spacial score (nSPS) is 12.3. The van der Waals surface area contributed by atoms with Gasteiger partial charge in [-0.25, -0.2) is 9.78 Å². The number of hydrogen-bond donors (Lipinski definition) is 0. The number of carbonyl (C=O) groups excluding carboxylic acids is 1. The van der Waals surface area contributed by atoms with E-state index in [1.54, 1.807) is 67.3 Å². The van der Waals surface area contributed by atoms with E-state index in [9.17, 15) is 4.79 Å². The van der Waals surface area contributed by atoms with Crippen molar-refractivity contribution in [2.45, 2.75) is 13.0 Å². The van der Waals surface area contributed by atoms with E-state index in [4.69, 9.17) is 32.4 Å². The molecule has 0 aliphatic rings. The molecule has 142 valence electrons. The van der Waals surface area contributed by atoms with Crippen LogP contribution < -0.4 is 0 Å². The minimum atomic E-state index is -0.469. The Hall–Kier alpha value is -2.83. The number of oxazole rings is 1. The standard InChI is InChI=1S/C20H15Cl2N3O3/c1-11(16-5-6-25(2)24-16)27-20(26)12-3-4-17-18(9-12)28-19(23-17)13-7-14(21)10-15(22)8-13/h3-11H,1-2H3. The summed E-state index contributed by atoms with van der Waals surface area (Å²) in [6.07, 6.45) is 1.33. The highest BCUT2D eigenvalue weighted by Gasteiger charge is 2.18. The second-order valence-electron chi connectivity index (χ2n) is 6.32. The van der Waals surface area contributed by atoms with Crippen molar-refractivity contribution in [3.05, 3.63) is 70.0 Å². The van der Waals surface area contributed by atoms with Gasteiger partial charge in [0.1, 0.15) is 17.3 Å². The molecule has 0 spiro atoms. The van der Waals surface area contributed by atoms with E-state index in [-0.39, 0.29) is 0 Å². The minimum Gasteiger partial charge on any atom is -0.452 e. The molecule has 28 heavy (non-hydrogen) atoms. The number of halogens is 2. The Morgan fingerprint density at radius 2 is 1.89 bits per heavy atom. The molecule has 1 unspecified atom stereocenters. The van der Waals surface area contributed by atoms with Crippen LogP contribution in [0.3, 0.4) is 0 Å². The zero-order valence-corrected chi connectivity index (χ0v) is 16.5. The number of aryl methyl sites for hydroxylation is 1. The Kier molecular flexibility index (Phi) is 4.83. The largest absolute Gasteiger partial charge is 0.452 e. The smallest absolute Gasteiger partial charge is 0.338 e. The molecule has 0 bridgehead atoms. The Balaban J connectivity index is 1.60. The minimum absolute atomic E-state index is 0.363. The van der Waals surface area contributed by atoms with Crippen molar-refractivity contribution in [3.8, 4) is 11.5 Å². The van der Waals surface area contributed by atoms with Crippen molar-refractivity contribution in [1.29, 1.82) is 0 Å². The van der Waals surface area contributed by atoms with Gasteiger partial charge in [-0.3, -0.25) is 4.68 Å². The zero-order valence-electron chi connectivity index (χ0n) is 15.0. The lowest BCUT2D eigenvalue weighted by Gasteiger charge is -2.10. The van der Waals surface area contributed by atoms with E-state index in [1.165, 1.54) is 0 Å². The first-order valence-electron chi connectivity index (χ1n) is 8.46. The predicted molar refractivity (Wildman–Crippen MR) is 107 cm³/mol. The quantitative estimate of drug-likeness (QED) is 0.414. The summed E-state index contributed by atoms with van der Waals surface area (Å²) in [6, 6.07) is 11.8. The van der Waals surface area contributed by atoms with Crippen molar-refractivity contribution in [2.75, 3.05) is 0 Å². The van der Waals surface area contributed by atoms with Crippen molar-refractivity contribution < 1.29 is 13.9 Å². The van der Waals surface area contributed by atoms with Gasteiger partial charge < -0.3 is 9.15 Å². The number of fused-ring (bicyclic) bond motifs is 1. The van der Waals surface area contributed by atoms with Gasteiger partial charge in [0.25, 0.3) is 0 Å². The molecule has 2 heterocycles. The molecule has 6 nitrogen and oxygen atoms in total. The summed E-state index contributed by atoms with van der Waals surface area (Å²) < 4.78 is 12.9. The third kappa shape index (κ3) is 3.74. The molecule has 0 aliphatic heterocycles. The van der Waals surface area contributed by atoms with E-state index in [1.807, 2.05) is 0 Å². The first kappa shape index (κ1) is 18.5. The highest BCUT2D eigenvalue weighted by atomic mass is 35.5. The van der Waals surface area contributed by atoms with Crippen molar-refractivity contribution >= 4 is 40.3 Å². The van der Waals surface area contributed by atoms with Crippen LogP contribution in [-0.2, 0) is 11.8 Å². The maximum absolute atomic E-state index is 12.5. The highest BCUT2D eigenvalue weighted by Crippen LogP contribution is 2.30. The SMILES string of the molecule is CC(OC(=O)c1ccc2nc(-c3cc(Cl)cc(Cl)c3)oc2c1)c1ccn(C)n1. The molecule has 2 aromatic carbocycles. The van der Waals surface area contributed by atoms with Crippen LogP contribution in [0.2, 0.25) is 10.0 Å². The van der Waals surface area contributed by atoms with Gasteiger partial charge in [0.2, 0.25) is 5.89 Å². The fraction of sp³-hybridized carbons (Fsp3) is 0.150. The van der Waals surface area contributed by atoms with Crippen molar-refractivity contribution in [1.82, 2.24) is 14.8 Å². The molecule has 0 saturated heterocycles.